The summed E-state index contributed by atoms with van der Waals surface area (Å²) in [6, 6.07) is 7.72. The molecule has 18 heavy (non-hydrogen) atoms. The van der Waals surface area contributed by atoms with Crippen LogP contribution < -0.4 is 10.6 Å². The number of para-hydroxylation sites is 1. The largest absolute Gasteiger partial charge is 0.341 e. The fourth-order valence-corrected chi connectivity index (χ4v) is 2.00. The number of allylic oxidation sites excluding steroid dienone is 4. The maximum atomic E-state index is 11.4. The molecule has 1 aliphatic rings. The van der Waals surface area contributed by atoms with Crippen molar-refractivity contribution < 1.29 is 7.65 Å². The molecule has 0 saturated heterocycles. The molecule has 0 spiro atoms. The molecule has 0 aliphatic heterocycles. The number of hydrogen-bond donors (Lipinski definition) is 2. The number of urea groups is 1. The molecule has 0 saturated carbocycles. The Balaban J connectivity index is 0.00000180. The number of amides is 2. The minimum Gasteiger partial charge on any atom is -0.341 e. The topological polar surface area (TPSA) is 41.1 Å². The molecule has 0 bridgehead atoms. The van der Waals surface area contributed by atoms with Crippen molar-refractivity contribution in [3.05, 3.63) is 53.6 Å². The van der Waals surface area contributed by atoms with Crippen molar-refractivity contribution >= 4 is 11.7 Å². The van der Waals surface area contributed by atoms with Crippen molar-refractivity contribution in [2.45, 2.75) is 19.3 Å². The van der Waals surface area contributed by atoms with E-state index in [9.17, 15) is 4.79 Å². The van der Waals surface area contributed by atoms with E-state index in [1.165, 1.54) is 5.57 Å². The number of nitrogens with one attached hydrogen (secondary N) is 2. The van der Waals surface area contributed by atoms with Crippen LogP contribution in [0.4, 0.5) is 10.5 Å². The molecule has 0 atom stereocenters. The Labute approximate surface area is 111 Å². The minimum absolute atomic E-state index is 0. The van der Waals surface area contributed by atoms with Crippen molar-refractivity contribution in [3.63, 3.8) is 0 Å². The molecule has 2 N–H and O–H groups in total. The fourth-order valence-electron chi connectivity index (χ4n) is 2.00. The third kappa shape index (κ3) is 3.23. The third-order valence-corrected chi connectivity index (χ3v) is 2.96. The molecule has 0 aromatic heterocycles. The number of carbonyl (C=O) groups is 1. The van der Waals surface area contributed by atoms with Crippen LogP contribution in [0.1, 0.15) is 21.3 Å². The average molecular weight is 246 g/mol. The lowest BCUT2D eigenvalue weighted by Crippen LogP contribution is -2.25. The van der Waals surface area contributed by atoms with Crippen molar-refractivity contribution in [1.82, 2.24) is 5.32 Å². The lowest BCUT2D eigenvalue weighted by molar-refractivity contribution is 0.254. The number of anilines is 1. The number of carbonyl (C=O) groups excluding carboxylic acids is 1. The van der Waals surface area contributed by atoms with E-state index in [4.69, 9.17) is 0 Å². The van der Waals surface area contributed by atoms with Crippen LogP contribution in [-0.4, -0.2) is 13.1 Å². The van der Waals surface area contributed by atoms with Gasteiger partial charge in [-0.15, -0.1) is 0 Å². The van der Waals surface area contributed by atoms with E-state index in [1.807, 2.05) is 18.2 Å². The SMILES string of the molecule is CNC(=O)Nc1ccccc1CC1=CCCC=C1.[HH].[HH]. The van der Waals surface area contributed by atoms with Crippen molar-refractivity contribution in [1.29, 1.82) is 0 Å². The Bertz CT molecular complexity index is 498. The molecule has 3 heteroatoms. The van der Waals surface area contributed by atoms with Crippen LogP contribution in [0.15, 0.2) is 48.1 Å². The lowest BCUT2D eigenvalue weighted by Gasteiger charge is -2.12. The van der Waals surface area contributed by atoms with Gasteiger partial charge in [0.1, 0.15) is 0 Å². The number of hydrogen-bond acceptors (Lipinski definition) is 1. The summed E-state index contributed by atoms with van der Waals surface area (Å²) in [5, 5.41) is 5.41. The molecule has 2 amide bonds. The molecule has 2 rings (SSSR count). The van der Waals surface area contributed by atoms with E-state index in [1.54, 1.807) is 7.05 Å². The highest BCUT2D eigenvalue weighted by Gasteiger charge is 2.06. The number of rotatable bonds is 3. The van der Waals surface area contributed by atoms with Gasteiger partial charge in [-0.2, -0.15) is 0 Å². The molecule has 1 aromatic carbocycles. The second-order valence-electron chi connectivity index (χ2n) is 4.30. The zero-order valence-electron chi connectivity index (χ0n) is 10.6. The molecule has 0 unspecified atom stereocenters. The van der Waals surface area contributed by atoms with E-state index in [-0.39, 0.29) is 8.88 Å². The van der Waals surface area contributed by atoms with E-state index < -0.39 is 0 Å². The van der Waals surface area contributed by atoms with E-state index in [0.29, 0.717) is 0 Å². The van der Waals surface area contributed by atoms with Crippen LogP contribution in [0.5, 0.6) is 0 Å². The Morgan fingerprint density at radius 1 is 1.33 bits per heavy atom. The number of benzene rings is 1. The van der Waals surface area contributed by atoms with Crippen LogP contribution in [0, 0.1) is 0 Å². The summed E-state index contributed by atoms with van der Waals surface area (Å²) in [5.41, 5.74) is 3.32. The highest BCUT2D eigenvalue weighted by molar-refractivity contribution is 5.89. The second kappa shape index (κ2) is 6.05. The van der Waals surface area contributed by atoms with Gasteiger partial charge in [-0.25, -0.2) is 4.79 Å². The van der Waals surface area contributed by atoms with Crippen molar-refractivity contribution in [3.8, 4) is 0 Å². The monoisotopic (exact) mass is 246 g/mol. The molecule has 98 valence electrons. The van der Waals surface area contributed by atoms with Gasteiger partial charge in [-0.3, -0.25) is 0 Å². The minimum atomic E-state index is -0.185. The summed E-state index contributed by atoms with van der Waals surface area (Å²) in [5.74, 6) is 0. The van der Waals surface area contributed by atoms with Crippen LogP contribution in [0.2, 0.25) is 0 Å². The Hall–Kier alpha value is -2.03. The predicted octanol–water partition coefficient (Wildman–Crippen LogP) is 3.75. The molecule has 0 radical (unpaired) electrons. The van der Waals surface area contributed by atoms with Gasteiger partial charge in [0, 0.05) is 15.6 Å². The van der Waals surface area contributed by atoms with Gasteiger partial charge in [0.2, 0.25) is 0 Å². The van der Waals surface area contributed by atoms with Crippen LogP contribution in [0.3, 0.4) is 0 Å². The Morgan fingerprint density at radius 2 is 2.17 bits per heavy atom. The summed E-state index contributed by atoms with van der Waals surface area (Å²) in [6.45, 7) is 0. The highest BCUT2D eigenvalue weighted by Crippen LogP contribution is 2.21. The van der Waals surface area contributed by atoms with Gasteiger partial charge in [-0.05, 0) is 36.5 Å². The molecule has 3 nitrogen and oxygen atoms in total. The first-order valence-electron chi connectivity index (χ1n) is 6.22. The molecular formula is C15H22N2O. The fraction of sp³-hybridized carbons (Fsp3) is 0.267. The maximum absolute atomic E-state index is 11.4. The van der Waals surface area contributed by atoms with E-state index in [2.05, 4.69) is 34.9 Å². The summed E-state index contributed by atoms with van der Waals surface area (Å²) in [7, 11) is 1.62. The predicted molar refractivity (Wildman–Crippen MR) is 78.9 cm³/mol. The highest BCUT2D eigenvalue weighted by atomic mass is 16.2. The van der Waals surface area contributed by atoms with Gasteiger partial charge in [0.05, 0.1) is 0 Å². The second-order valence-corrected chi connectivity index (χ2v) is 4.30. The zero-order chi connectivity index (χ0) is 12.8. The Kier molecular flexibility index (Phi) is 4.18. The summed E-state index contributed by atoms with van der Waals surface area (Å²) >= 11 is 0. The normalized spacial score (nSPS) is 13.9. The molecule has 1 aliphatic carbocycles. The third-order valence-electron chi connectivity index (χ3n) is 2.96. The molecule has 0 heterocycles. The van der Waals surface area contributed by atoms with Gasteiger partial charge in [-0.1, -0.05) is 36.4 Å². The van der Waals surface area contributed by atoms with Crippen LogP contribution >= 0.6 is 0 Å². The van der Waals surface area contributed by atoms with Crippen LogP contribution in [-0.2, 0) is 6.42 Å². The first-order valence-corrected chi connectivity index (χ1v) is 6.22. The molecular weight excluding hydrogens is 224 g/mol. The van der Waals surface area contributed by atoms with Gasteiger partial charge >= 0.3 is 6.03 Å². The Morgan fingerprint density at radius 3 is 2.89 bits per heavy atom. The van der Waals surface area contributed by atoms with E-state index in [0.717, 1.165) is 30.5 Å². The maximum Gasteiger partial charge on any atom is 0.318 e. The van der Waals surface area contributed by atoms with Gasteiger partial charge < -0.3 is 10.6 Å². The standard InChI is InChI=1S/C15H18N2O.2H2/c1-16-15(18)17-14-10-6-5-9-13(14)11-12-7-3-2-4-8-12;;/h3,5-10H,2,4,11H2,1H3,(H2,16,17,18);2*1H. The zero-order valence-corrected chi connectivity index (χ0v) is 10.6. The first kappa shape index (κ1) is 12.4. The first-order chi connectivity index (χ1) is 8.79. The summed E-state index contributed by atoms with van der Waals surface area (Å²) in [4.78, 5) is 11.4. The summed E-state index contributed by atoms with van der Waals surface area (Å²) < 4.78 is 0. The van der Waals surface area contributed by atoms with Crippen molar-refractivity contribution in [2.75, 3.05) is 12.4 Å². The van der Waals surface area contributed by atoms with Crippen LogP contribution in [0.25, 0.3) is 0 Å². The smallest absolute Gasteiger partial charge is 0.318 e. The van der Waals surface area contributed by atoms with Gasteiger partial charge in [0.25, 0.3) is 0 Å². The van der Waals surface area contributed by atoms with E-state index >= 15 is 0 Å². The van der Waals surface area contributed by atoms with Gasteiger partial charge in [0.15, 0.2) is 0 Å². The summed E-state index contributed by atoms with van der Waals surface area (Å²) in [6.07, 6.45) is 9.72. The molecule has 0 fully saturated rings. The quantitative estimate of drug-likeness (QED) is 0.838. The molecule has 1 aromatic rings. The average Bonchev–Trinajstić information content (AvgIpc) is 2.42. The van der Waals surface area contributed by atoms with Crippen molar-refractivity contribution in [2.24, 2.45) is 0 Å². The lowest BCUT2D eigenvalue weighted by atomic mass is 9.98.